The van der Waals surface area contributed by atoms with Gasteiger partial charge in [0.15, 0.2) is 5.16 Å². The summed E-state index contributed by atoms with van der Waals surface area (Å²) in [6.45, 7) is 2.00. The molecular formula is C16H18N2O2S. The van der Waals surface area contributed by atoms with Crippen LogP contribution in [0.4, 0.5) is 0 Å². The van der Waals surface area contributed by atoms with Crippen LogP contribution in [0.25, 0.3) is 0 Å². The highest BCUT2D eigenvalue weighted by Gasteiger charge is 2.27. The van der Waals surface area contributed by atoms with Crippen LogP contribution in [0.1, 0.15) is 30.0 Å². The number of hydrogen-bond acceptors (Lipinski definition) is 4. The van der Waals surface area contributed by atoms with Gasteiger partial charge in [0.1, 0.15) is 6.23 Å². The summed E-state index contributed by atoms with van der Waals surface area (Å²) in [6.07, 6.45) is 1.20. The van der Waals surface area contributed by atoms with Crippen molar-refractivity contribution in [3.05, 3.63) is 57.5 Å². The minimum Gasteiger partial charge on any atom is -0.360 e. The fraction of sp³-hybridized carbons (Fsp3) is 0.375. The van der Waals surface area contributed by atoms with Crippen LogP contribution >= 0.6 is 11.8 Å². The van der Waals surface area contributed by atoms with Crippen LogP contribution in [0.15, 0.2) is 40.3 Å². The Morgan fingerprint density at radius 1 is 1.38 bits per heavy atom. The van der Waals surface area contributed by atoms with Crippen molar-refractivity contribution < 1.29 is 4.74 Å². The standard InChI is InChI=1S/C16H18N2O2S/c1-3-12-13(9-11-7-5-4-6-8-11)17-16-18(15(12)19)14(20-2)10-21-16/h4-8,14H,3,9-10H2,1-2H3. The van der Waals surface area contributed by atoms with Gasteiger partial charge >= 0.3 is 0 Å². The van der Waals surface area contributed by atoms with Gasteiger partial charge in [0.25, 0.3) is 5.56 Å². The number of hydrogen-bond donors (Lipinski definition) is 0. The second kappa shape index (κ2) is 6.03. The Hall–Kier alpha value is -1.59. The Morgan fingerprint density at radius 2 is 2.14 bits per heavy atom. The highest BCUT2D eigenvalue weighted by molar-refractivity contribution is 7.99. The fourth-order valence-corrected chi connectivity index (χ4v) is 3.72. The molecule has 5 heteroatoms. The average molecular weight is 302 g/mol. The molecule has 1 aliphatic heterocycles. The zero-order valence-corrected chi connectivity index (χ0v) is 13.0. The molecule has 0 aliphatic carbocycles. The number of fused-ring (bicyclic) bond motifs is 1. The SMILES string of the molecule is CCc1c(Cc2ccccc2)nc2n(c1=O)C(OC)CS2. The second-order valence-electron chi connectivity index (χ2n) is 5.01. The van der Waals surface area contributed by atoms with E-state index < -0.39 is 0 Å². The molecule has 21 heavy (non-hydrogen) atoms. The van der Waals surface area contributed by atoms with Gasteiger partial charge in [0, 0.05) is 24.8 Å². The summed E-state index contributed by atoms with van der Waals surface area (Å²) >= 11 is 1.59. The van der Waals surface area contributed by atoms with Crippen LogP contribution in [0, 0.1) is 0 Å². The molecule has 0 saturated carbocycles. The molecule has 1 atom stereocenters. The molecule has 1 unspecified atom stereocenters. The van der Waals surface area contributed by atoms with E-state index >= 15 is 0 Å². The lowest BCUT2D eigenvalue weighted by Crippen LogP contribution is -2.30. The van der Waals surface area contributed by atoms with Gasteiger partial charge in [-0.15, -0.1) is 0 Å². The Morgan fingerprint density at radius 3 is 2.81 bits per heavy atom. The Balaban J connectivity index is 2.06. The Bertz CT molecular complexity index is 697. The van der Waals surface area contributed by atoms with Crippen molar-refractivity contribution in [2.24, 2.45) is 0 Å². The van der Waals surface area contributed by atoms with Gasteiger partial charge in [0.2, 0.25) is 0 Å². The van der Waals surface area contributed by atoms with Crippen molar-refractivity contribution >= 4 is 11.8 Å². The monoisotopic (exact) mass is 302 g/mol. The van der Waals surface area contributed by atoms with Crippen molar-refractivity contribution in [2.75, 3.05) is 12.9 Å². The van der Waals surface area contributed by atoms with Gasteiger partial charge in [-0.25, -0.2) is 4.98 Å². The van der Waals surface area contributed by atoms with Crippen molar-refractivity contribution in [1.29, 1.82) is 0 Å². The van der Waals surface area contributed by atoms with E-state index in [0.717, 1.165) is 22.2 Å². The summed E-state index contributed by atoms with van der Waals surface area (Å²) in [5, 5.41) is 0.773. The van der Waals surface area contributed by atoms with Gasteiger partial charge in [0.05, 0.1) is 5.69 Å². The van der Waals surface area contributed by atoms with Gasteiger partial charge in [-0.1, -0.05) is 49.0 Å². The third-order valence-electron chi connectivity index (χ3n) is 3.75. The maximum Gasteiger partial charge on any atom is 0.259 e. The first-order chi connectivity index (χ1) is 10.2. The molecule has 0 radical (unpaired) electrons. The van der Waals surface area contributed by atoms with E-state index in [1.54, 1.807) is 23.4 Å². The third kappa shape index (κ3) is 2.63. The van der Waals surface area contributed by atoms with Gasteiger partial charge < -0.3 is 4.74 Å². The summed E-state index contributed by atoms with van der Waals surface area (Å²) in [7, 11) is 1.64. The van der Waals surface area contributed by atoms with Crippen LogP contribution in [0.2, 0.25) is 0 Å². The average Bonchev–Trinajstić information content (AvgIpc) is 2.92. The molecular weight excluding hydrogens is 284 g/mol. The first kappa shape index (κ1) is 14.4. The lowest BCUT2D eigenvalue weighted by Gasteiger charge is -2.14. The maximum atomic E-state index is 12.7. The molecule has 2 heterocycles. The lowest BCUT2D eigenvalue weighted by molar-refractivity contribution is 0.0583. The highest BCUT2D eigenvalue weighted by atomic mass is 32.2. The molecule has 1 aromatic carbocycles. The Kier molecular flexibility index (Phi) is 4.12. The van der Waals surface area contributed by atoms with Gasteiger partial charge in [-0.05, 0) is 12.0 Å². The number of ether oxygens (including phenoxy) is 1. The van der Waals surface area contributed by atoms with Crippen molar-refractivity contribution in [1.82, 2.24) is 9.55 Å². The second-order valence-corrected chi connectivity index (χ2v) is 6.00. The molecule has 1 aromatic heterocycles. The van der Waals surface area contributed by atoms with E-state index in [2.05, 4.69) is 12.1 Å². The van der Waals surface area contributed by atoms with Crippen LogP contribution in [-0.4, -0.2) is 22.4 Å². The first-order valence-corrected chi connectivity index (χ1v) is 8.07. The molecule has 3 rings (SSSR count). The largest absolute Gasteiger partial charge is 0.360 e. The highest BCUT2D eigenvalue weighted by Crippen LogP contribution is 2.31. The lowest BCUT2D eigenvalue weighted by atomic mass is 10.0. The van der Waals surface area contributed by atoms with Gasteiger partial charge in [-0.3, -0.25) is 9.36 Å². The molecule has 110 valence electrons. The fourth-order valence-electron chi connectivity index (χ4n) is 2.63. The van der Waals surface area contributed by atoms with Gasteiger partial charge in [-0.2, -0.15) is 0 Å². The van der Waals surface area contributed by atoms with E-state index in [0.29, 0.717) is 12.8 Å². The zero-order chi connectivity index (χ0) is 14.8. The number of nitrogens with zero attached hydrogens (tertiary/aromatic N) is 2. The summed E-state index contributed by atoms with van der Waals surface area (Å²) in [6, 6.07) is 10.1. The zero-order valence-electron chi connectivity index (χ0n) is 12.2. The van der Waals surface area contributed by atoms with E-state index in [4.69, 9.17) is 9.72 Å². The number of benzene rings is 1. The normalized spacial score (nSPS) is 17.0. The molecule has 0 amide bonds. The van der Waals surface area contributed by atoms with E-state index in [-0.39, 0.29) is 11.8 Å². The molecule has 0 saturated heterocycles. The molecule has 1 aliphatic rings. The topological polar surface area (TPSA) is 44.1 Å². The predicted molar refractivity (Wildman–Crippen MR) is 83.9 cm³/mol. The number of rotatable bonds is 4. The molecule has 0 bridgehead atoms. The molecule has 0 N–H and O–H groups in total. The minimum atomic E-state index is -0.193. The Labute approximate surface area is 128 Å². The molecule has 0 spiro atoms. The summed E-state index contributed by atoms with van der Waals surface area (Å²) in [4.78, 5) is 17.4. The van der Waals surface area contributed by atoms with Crippen LogP contribution in [0.5, 0.6) is 0 Å². The van der Waals surface area contributed by atoms with E-state index in [9.17, 15) is 4.79 Å². The predicted octanol–water partition coefficient (Wildman–Crippen LogP) is 2.65. The smallest absolute Gasteiger partial charge is 0.259 e. The molecule has 4 nitrogen and oxygen atoms in total. The maximum absolute atomic E-state index is 12.7. The summed E-state index contributed by atoms with van der Waals surface area (Å²) < 4.78 is 7.07. The molecule has 2 aromatic rings. The third-order valence-corrected chi connectivity index (χ3v) is 4.74. The number of methoxy groups -OCH3 is 1. The van der Waals surface area contributed by atoms with Crippen molar-refractivity contribution in [3.8, 4) is 0 Å². The van der Waals surface area contributed by atoms with Crippen LogP contribution in [0.3, 0.4) is 0 Å². The number of thioether (sulfide) groups is 1. The molecule has 0 fully saturated rings. The van der Waals surface area contributed by atoms with Crippen molar-refractivity contribution in [2.45, 2.75) is 31.1 Å². The quantitative estimate of drug-likeness (QED) is 0.815. The van der Waals surface area contributed by atoms with Crippen LogP contribution < -0.4 is 5.56 Å². The minimum absolute atomic E-state index is 0.0466. The van der Waals surface area contributed by atoms with Crippen molar-refractivity contribution in [3.63, 3.8) is 0 Å². The van der Waals surface area contributed by atoms with E-state index in [1.165, 1.54) is 5.56 Å². The number of aromatic nitrogens is 2. The van der Waals surface area contributed by atoms with Crippen LogP contribution in [-0.2, 0) is 17.6 Å². The first-order valence-electron chi connectivity index (χ1n) is 7.08. The summed E-state index contributed by atoms with van der Waals surface area (Å²) in [5.41, 5.74) is 2.91. The summed E-state index contributed by atoms with van der Waals surface area (Å²) in [5.74, 6) is 0.747. The van der Waals surface area contributed by atoms with E-state index in [1.807, 2.05) is 25.1 Å².